The van der Waals surface area contributed by atoms with Crippen LogP contribution in [-0.2, 0) is 19.5 Å². The molecule has 0 saturated carbocycles. The molecule has 0 radical (unpaired) electrons. The Labute approximate surface area is 85.4 Å². The van der Waals surface area contributed by atoms with Gasteiger partial charge in [-0.05, 0) is 0 Å². The van der Waals surface area contributed by atoms with Crippen molar-refractivity contribution in [3.05, 3.63) is 42.1 Å². The molecule has 1 rings (SSSR count). The molecule has 1 aromatic carbocycles. The Kier molecular flexibility index (Phi) is 6.84. The van der Waals surface area contributed by atoms with E-state index in [4.69, 9.17) is 0 Å². The Balaban J connectivity index is 0. The fourth-order valence-electron chi connectivity index (χ4n) is 0.659. The van der Waals surface area contributed by atoms with Gasteiger partial charge in [0.15, 0.2) is 0 Å². The second-order valence-electron chi connectivity index (χ2n) is 2.07. The average molecular weight is 224 g/mol. The minimum absolute atomic E-state index is 0. The van der Waals surface area contributed by atoms with Gasteiger partial charge >= 0.3 is 19.5 Å². The maximum atomic E-state index is 12.3. The van der Waals surface area contributed by atoms with Crippen LogP contribution in [0.5, 0.6) is 0 Å². The molecule has 0 aromatic heterocycles. The molecule has 3 heteroatoms. The van der Waals surface area contributed by atoms with Crippen molar-refractivity contribution in [3.63, 3.8) is 0 Å². The van der Waals surface area contributed by atoms with Gasteiger partial charge in [-0.15, -0.1) is 5.56 Å². The van der Waals surface area contributed by atoms with Crippen LogP contribution in [0, 0.1) is 19.7 Å². The second-order valence-corrected chi connectivity index (χ2v) is 2.07. The maximum Gasteiger partial charge on any atom is 2.00 e. The standard InChI is InChI=1S/C8H8F.ClH.Zn/c1-6-3-4-8(9)5-7(6)2;;/h3-5H,1H2,2H3;1H;/q-1;;+2/p-1. The third-order valence-corrected chi connectivity index (χ3v) is 1.30. The van der Waals surface area contributed by atoms with E-state index in [0.29, 0.717) is 0 Å². The Bertz CT molecular complexity index is 225. The van der Waals surface area contributed by atoms with Crippen LogP contribution in [0.25, 0.3) is 0 Å². The van der Waals surface area contributed by atoms with E-state index in [9.17, 15) is 4.39 Å². The van der Waals surface area contributed by atoms with Crippen LogP contribution in [-0.4, -0.2) is 0 Å². The van der Waals surface area contributed by atoms with Crippen LogP contribution >= 0.6 is 0 Å². The van der Waals surface area contributed by atoms with E-state index >= 15 is 0 Å². The summed E-state index contributed by atoms with van der Waals surface area (Å²) in [4.78, 5) is 0. The van der Waals surface area contributed by atoms with Crippen LogP contribution in [0.4, 0.5) is 4.39 Å². The SMILES string of the molecule is [CH2-]c1ccc(F)cc1C.[Cl-].[Zn+2]. The molecule has 0 aliphatic carbocycles. The zero-order valence-electron chi connectivity index (χ0n) is 6.40. The molecule has 0 N–H and O–H groups in total. The Hall–Kier alpha value is -0.0666. The molecule has 11 heavy (non-hydrogen) atoms. The molecule has 0 unspecified atom stereocenters. The van der Waals surface area contributed by atoms with Gasteiger partial charge in [0.25, 0.3) is 0 Å². The number of halogens is 2. The molecular weight excluding hydrogens is 216 g/mol. The summed E-state index contributed by atoms with van der Waals surface area (Å²) in [5, 5.41) is 0. The first-order valence-corrected chi connectivity index (χ1v) is 2.78. The van der Waals surface area contributed by atoms with Gasteiger partial charge < -0.3 is 12.4 Å². The van der Waals surface area contributed by atoms with Gasteiger partial charge in [0.1, 0.15) is 0 Å². The Morgan fingerprint density at radius 2 is 1.91 bits per heavy atom. The monoisotopic (exact) mass is 222 g/mol. The van der Waals surface area contributed by atoms with E-state index in [-0.39, 0.29) is 37.7 Å². The topological polar surface area (TPSA) is 0 Å². The summed E-state index contributed by atoms with van der Waals surface area (Å²) < 4.78 is 12.3. The van der Waals surface area contributed by atoms with Crippen LogP contribution in [0.3, 0.4) is 0 Å². The summed E-state index contributed by atoms with van der Waals surface area (Å²) in [5.74, 6) is -0.195. The molecule has 0 aliphatic heterocycles. The zero-order chi connectivity index (χ0) is 6.85. The summed E-state index contributed by atoms with van der Waals surface area (Å²) in [6.45, 7) is 5.53. The van der Waals surface area contributed by atoms with Crippen LogP contribution < -0.4 is 12.4 Å². The molecule has 0 bridgehead atoms. The molecule has 0 atom stereocenters. The second kappa shape index (κ2) is 5.57. The third kappa shape index (κ3) is 3.74. The summed E-state index contributed by atoms with van der Waals surface area (Å²) in [6.07, 6.45) is 0. The number of hydrogen-bond acceptors (Lipinski definition) is 0. The van der Waals surface area contributed by atoms with Crippen molar-refractivity contribution >= 4 is 0 Å². The van der Waals surface area contributed by atoms with Gasteiger partial charge in [-0.25, -0.2) is 4.39 Å². The quantitative estimate of drug-likeness (QED) is 0.404. The number of aryl methyl sites for hydroxylation is 1. The van der Waals surface area contributed by atoms with Crippen molar-refractivity contribution in [2.45, 2.75) is 6.92 Å². The van der Waals surface area contributed by atoms with Crippen molar-refractivity contribution in [1.29, 1.82) is 0 Å². The van der Waals surface area contributed by atoms with Gasteiger partial charge in [-0.3, -0.25) is 0 Å². The zero-order valence-corrected chi connectivity index (χ0v) is 10.1. The van der Waals surface area contributed by atoms with Crippen molar-refractivity contribution in [1.82, 2.24) is 0 Å². The first-order chi connectivity index (χ1) is 4.20. The van der Waals surface area contributed by atoms with E-state index in [1.807, 2.05) is 6.92 Å². The molecule has 0 nitrogen and oxygen atoms in total. The van der Waals surface area contributed by atoms with E-state index in [2.05, 4.69) is 6.92 Å². The fourth-order valence-corrected chi connectivity index (χ4v) is 0.659. The first kappa shape index (κ1) is 13.5. The summed E-state index contributed by atoms with van der Waals surface area (Å²) in [5.41, 5.74) is 1.78. The van der Waals surface area contributed by atoms with Gasteiger partial charge in [0.2, 0.25) is 0 Å². The van der Waals surface area contributed by atoms with Crippen molar-refractivity contribution < 1.29 is 36.3 Å². The maximum absolute atomic E-state index is 12.3. The normalized spacial score (nSPS) is 7.82. The van der Waals surface area contributed by atoms with E-state index in [1.54, 1.807) is 6.07 Å². The minimum atomic E-state index is -0.195. The van der Waals surface area contributed by atoms with Gasteiger partial charge in [0, 0.05) is 0 Å². The van der Waals surface area contributed by atoms with Crippen molar-refractivity contribution in [2.75, 3.05) is 0 Å². The minimum Gasteiger partial charge on any atom is -1.00 e. The molecule has 0 spiro atoms. The third-order valence-electron chi connectivity index (χ3n) is 1.30. The molecular formula is C8H8ClFZn. The molecule has 0 heterocycles. The molecule has 0 amide bonds. The average Bonchev–Trinajstić information content (AvgIpc) is 1.80. The van der Waals surface area contributed by atoms with E-state index in [0.717, 1.165) is 11.1 Å². The van der Waals surface area contributed by atoms with Crippen LogP contribution in [0.2, 0.25) is 0 Å². The summed E-state index contributed by atoms with van der Waals surface area (Å²) in [7, 11) is 0. The van der Waals surface area contributed by atoms with Gasteiger partial charge in [-0.1, -0.05) is 19.1 Å². The Morgan fingerprint density at radius 3 is 2.27 bits per heavy atom. The molecule has 1 aromatic rings. The predicted molar refractivity (Wildman–Crippen MR) is 35.6 cm³/mol. The number of rotatable bonds is 0. The van der Waals surface area contributed by atoms with Gasteiger partial charge in [0.05, 0.1) is 5.82 Å². The van der Waals surface area contributed by atoms with Crippen LogP contribution in [0.15, 0.2) is 18.2 Å². The summed E-state index contributed by atoms with van der Waals surface area (Å²) >= 11 is 0. The number of benzene rings is 1. The first-order valence-electron chi connectivity index (χ1n) is 2.78. The fraction of sp³-hybridized carbons (Fsp3) is 0.125. The summed E-state index contributed by atoms with van der Waals surface area (Å²) in [6, 6.07) is 4.56. The predicted octanol–water partition coefficient (Wildman–Crippen LogP) is -0.682. The smallest absolute Gasteiger partial charge is 1.00 e. The largest absolute Gasteiger partial charge is 2.00 e. The van der Waals surface area contributed by atoms with E-state index in [1.165, 1.54) is 12.1 Å². The van der Waals surface area contributed by atoms with Crippen LogP contribution in [0.1, 0.15) is 11.1 Å². The van der Waals surface area contributed by atoms with Crippen molar-refractivity contribution in [2.24, 2.45) is 0 Å². The van der Waals surface area contributed by atoms with E-state index < -0.39 is 0 Å². The number of hydrogen-bond donors (Lipinski definition) is 0. The van der Waals surface area contributed by atoms with Gasteiger partial charge in [-0.2, -0.15) is 18.6 Å². The van der Waals surface area contributed by atoms with Crippen molar-refractivity contribution in [3.8, 4) is 0 Å². The molecule has 0 aliphatic rings. The molecule has 0 saturated heterocycles. The molecule has 56 valence electrons. The molecule has 0 fully saturated rings. The Morgan fingerprint density at radius 1 is 1.36 bits per heavy atom.